The molecule has 2 atom stereocenters. The largest absolute Gasteiger partial charge is 0.363 e. The van der Waals surface area contributed by atoms with Crippen molar-refractivity contribution in [3.05, 3.63) is 53.2 Å². The van der Waals surface area contributed by atoms with Crippen molar-refractivity contribution in [2.75, 3.05) is 13.1 Å². The molecule has 136 valence electrons. The molecule has 0 bridgehead atoms. The fourth-order valence-electron chi connectivity index (χ4n) is 3.19. The van der Waals surface area contributed by atoms with Gasteiger partial charge in [0.25, 0.3) is 5.89 Å². The lowest BCUT2D eigenvalue weighted by Gasteiger charge is -2.25. The van der Waals surface area contributed by atoms with Crippen LogP contribution in [0.25, 0.3) is 11.4 Å². The van der Waals surface area contributed by atoms with Crippen LogP contribution in [-0.2, 0) is 11.3 Å². The summed E-state index contributed by atoms with van der Waals surface area (Å²) in [5.41, 5.74) is 4.29. The third-order valence-corrected chi connectivity index (χ3v) is 4.52. The van der Waals surface area contributed by atoms with E-state index in [0.29, 0.717) is 18.3 Å². The van der Waals surface area contributed by atoms with Crippen LogP contribution < -0.4 is 5.32 Å². The highest BCUT2D eigenvalue weighted by atomic mass is 16.5. The van der Waals surface area contributed by atoms with E-state index < -0.39 is 0 Å². The number of rotatable bonds is 4. The minimum Gasteiger partial charge on any atom is -0.363 e. The number of aryl methyl sites for hydroxylation is 2. The summed E-state index contributed by atoms with van der Waals surface area (Å²) in [5.74, 6) is 1.10. The Bertz CT molecular complexity index is 884. The summed E-state index contributed by atoms with van der Waals surface area (Å²) < 4.78 is 13.3. The second-order valence-electron chi connectivity index (χ2n) is 6.83. The van der Waals surface area contributed by atoms with Crippen LogP contribution in [0.4, 0.5) is 0 Å². The molecule has 1 aliphatic rings. The second-order valence-corrected chi connectivity index (χ2v) is 6.83. The van der Waals surface area contributed by atoms with Crippen LogP contribution in [0.1, 0.15) is 35.9 Å². The summed E-state index contributed by atoms with van der Waals surface area (Å²) in [6.07, 6.45) is -0.0527. The molecule has 0 radical (unpaired) electrons. The molecule has 1 aromatic carbocycles. The van der Waals surface area contributed by atoms with Crippen LogP contribution >= 0.6 is 0 Å². The summed E-state index contributed by atoms with van der Waals surface area (Å²) in [7, 11) is 0. The molecule has 4 rings (SSSR count). The van der Waals surface area contributed by atoms with Gasteiger partial charge in [0.05, 0.1) is 18.3 Å². The van der Waals surface area contributed by atoms with Crippen LogP contribution in [-0.4, -0.2) is 39.1 Å². The molecule has 7 heteroatoms. The summed E-state index contributed by atoms with van der Waals surface area (Å²) in [4.78, 5) is 4.51. The molecule has 1 saturated heterocycles. The lowest BCUT2D eigenvalue weighted by atomic mass is 10.1. The Morgan fingerprint density at radius 3 is 2.69 bits per heavy atom. The number of hydrogen-bond donors (Lipinski definition) is 1. The third-order valence-electron chi connectivity index (χ3n) is 4.52. The van der Waals surface area contributed by atoms with Crippen LogP contribution in [0.15, 0.2) is 34.9 Å². The van der Waals surface area contributed by atoms with E-state index >= 15 is 0 Å². The van der Waals surface area contributed by atoms with E-state index in [1.54, 1.807) is 0 Å². The Labute approximate surface area is 152 Å². The Hall–Kier alpha value is -2.51. The van der Waals surface area contributed by atoms with Gasteiger partial charge >= 0.3 is 0 Å². The van der Waals surface area contributed by atoms with E-state index in [1.807, 2.05) is 30.7 Å². The molecule has 3 heterocycles. The van der Waals surface area contributed by atoms with Gasteiger partial charge in [-0.2, -0.15) is 10.1 Å². The van der Waals surface area contributed by atoms with Gasteiger partial charge in [-0.3, -0.25) is 4.68 Å². The van der Waals surface area contributed by atoms with Gasteiger partial charge in [0.2, 0.25) is 5.82 Å². The zero-order valence-corrected chi connectivity index (χ0v) is 15.3. The first kappa shape index (κ1) is 16.9. The first-order valence-corrected chi connectivity index (χ1v) is 8.88. The Morgan fingerprint density at radius 1 is 1.19 bits per heavy atom. The van der Waals surface area contributed by atoms with Crippen molar-refractivity contribution in [3.8, 4) is 11.4 Å². The van der Waals surface area contributed by atoms with Gasteiger partial charge in [0.15, 0.2) is 0 Å². The standard InChI is InChI=1S/C19H23N5O2/c1-12-8-13(2)24(22-12)11-15-4-6-16(7-5-15)18-21-19(26-23-18)17-10-20-9-14(3)25-17/h4-8,14,17,20H,9-11H2,1-3H3/t14-,17-/m1/s1. The van der Waals surface area contributed by atoms with Crippen molar-refractivity contribution in [2.45, 2.75) is 39.5 Å². The normalized spacial score (nSPS) is 20.4. The predicted molar refractivity (Wildman–Crippen MR) is 96.7 cm³/mol. The van der Waals surface area contributed by atoms with Crippen molar-refractivity contribution in [2.24, 2.45) is 0 Å². The number of nitrogens with one attached hydrogen (secondary N) is 1. The highest BCUT2D eigenvalue weighted by Crippen LogP contribution is 2.23. The van der Waals surface area contributed by atoms with Gasteiger partial charge in [-0.15, -0.1) is 0 Å². The van der Waals surface area contributed by atoms with E-state index in [-0.39, 0.29) is 12.2 Å². The Morgan fingerprint density at radius 2 is 2.00 bits per heavy atom. The molecule has 7 nitrogen and oxygen atoms in total. The minimum atomic E-state index is -0.190. The molecule has 1 N–H and O–H groups in total. The van der Waals surface area contributed by atoms with E-state index in [0.717, 1.165) is 30.0 Å². The van der Waals surface area contributed by atoms with Crippen LogP contribution in [0, 0.1) is 13.8 Å². The molecular formula is C19H23N5O2. The van der Waals surface area contributed by atoms with Crippen LogP contribution in [0.5, 0.6) is 0 Å². The van der Waals surface area contributed by atoms with Crippen LogP contribution in [0.2, 0.25) is 0 Å². The molecular weight excluding hydrogens is 330 g/mol. The minimum absolute atomic E-state index is 0.137. The maximum atomic E-state index is 5.85. The number of benzene rings is 1. The third kappa shape index (κ3) is 3.54. The van der Waals surface area contributed by atoms with Crippen molar-refractivity contribution in [3.63, 3.8) is 0 Å². The number of ether oxygens (including phenoxy) is 1. The van der Waals surface area contributed by atoms with Gasteiger partial charge in [-0.1, -0.05) is 29.4 Å². The summed E-state index contributed by atoms with van der Waals surface area (Å²) in [6, 6.07) is 10.2. The molecule has 0 unspecified atom stereocenters. The van der Waals surface area contributed by atoms with Gasteiger partial charge in [0, 0.05) is 24.3 Å². The highest BCUT2D eigenvalue weighted by molar-refractivity contribution is 5.54. The van der Waals surface area contributed by atoms with Crippen LogP contribution in [0.3, 0.4) is 0 Å². The quantitative estimate of drug-likeness (QED) is 0.777. The number of hydrogen-bond acceptors (Lipinski definition) is 6. The maximum absolute atomic E-state index is 5.85. The zero-order chi connectivity index (χ0) is 18.1. The highest BCUT2D eigenvalue weighted by Gasteiger charge is 2.25. The molecule has 0 saturated carbocycles. The molecule has 0 spiro atoms. The van der Waals surface area contributed by atoms with E-state index in [4.69, 9.17) is 9.26 Å². The number of morpholine rings is 1. The average Bonchev–Trinajstić information content (AvgIpc) is 3.23. The summed E-state index contributed by atoms with van der Waals surface area (Å²) in [6.45, 7) is 8.38. The molecule has 3 aromatic rings. The van der Waals surface area contributed by atoms with Gasteiger partial charge in [-0.05, 0) is 32.4 Å². The Balaban J connectivity index is 1.48. The van der Waals surface area contributed by atoms with Gasteiger partial charge in [-0.25, -0.2) is 0 Å². The van der Waals surface area contributed by atoms with Crippen molar-refractivity contribution >= 4 is 0 Å². The SMILES string of the molecule is Cc1cc(C)n(Cc2ccc(-c3noc([C@H]4CNC[C@@H](C)O4)n3)cc2)n1. The lowest BCUT2D eigenvalue weighted by Crippen LogP contribution is -2.39. The summed E-state index contributed by atoms with van der Waals surface area (Å²) in [5, 5.41) is 11.9. The first-order valence-electron chi connectivity index (χ1n) is 8.88. The lowest BCUT2D eigenvalue weighted by molar-refractivity contribution is -0.0438. The van der Waals surface area contributed by atoms with Crippen molar-refractivity contribution in [1.82, 2.24) is 25.2 Å². The van der Waals surface area contributed by atoms with E-state index in [9.17, 15) is 0 Å². The fourth-order valence-corrected chi connectivity index (χ4v) is 3.19. The fraction of sp³-hybridized carbons (Fsp3) is 0.421. The first-order chi connectivity index (χ1) is 12.6. The zero-order valence-electron chi connectivity index (χ0n) is 15.3. The molecule has 0 aliphatic carbocycles. The van der Waals surface area contributed by atoms with Gasteiger partial charge in [0.1, 0.15) is 6.10 Å². The monoisotopic (exact) mass is 353 g/mol. The molecule has 1 fully saturated rings. The second kappa shape index (κ2) is 7.01. The average molecular weight is 353 g/mol. The number of aromatic nitrogens is 4. The predicted octanol–water partition coefficient (Wildman–Crippen LogP) is 2.65. The van der Waals surface area contributed by atoms with E-state index in [1.165, 1.54) is 5.56 Å². The maximum Gasteiger partial charge on any atom is 0.257 e. The van der Waals surface area contributed by atoms with Crippen molar-refractivity contribution < 1.29 is 9.26 Å². The molecule has 0 amide bonds. The van der Waals surface area contributed by atoms with E-state index in [2.05, 4.69) is 45.7 Å². The number of nitrogens with zero attached hydrogens (tertiary/aromatic N) is 4. The molecule has 1 aliphatic heterocycles. The van der Waals surface area contributed by atoms with Gasteiger partial charge < -0.3 is 14.6 Å². The summed E-state index contributed by atoms with van der Waals surface area (Å²) >= 11 is 0. The Kier molecular flexibility index (Phi) is 4.57. The van der Waals surface area contributed by atoms with Crippen molar-refractivity contribution in [1.29, 1.82) is 0 Å². The topological polar surface area (TPSA) is 78.0 Å². The smallest absolute Gasteiger partial charge is 0.257 e. The molecule has 2 aromatic heterocycles. The molecule has 26 heavy (non-hydrogen) atoms.